The maximum atomic E-state index is 5.76. The van der Waals surface area contributed by atoms with Crippen molar-refractivity contribution in [2.75, 3.05) is 13.2 Å². The average Bonchev–Trinajstić information content (AvgIpc) is 3.22. The lowest BCUT2D eigenvalue weighted by atomic mass is 9.61. The molecule has 24 heavy (non-hydrogen) atoms. The summed E-state index contributed by atoms with van der Waals surface area (Å²) < 4.78 is 16.9. The molecular weight excluding hydrogens is 300 g/mol. The number of hydrogen-bond donors (Lipinski definition) is 0. The molecule has 2 aromatic rings. The highest BCUT2D eigenvalue weighted by atomic mass is 16.7. The van der Waals surface area contributed by atoms with Crippen LogP contribution in [0.4, 0.5) is 0 Å². The molecule has 4 rings (SSSR count). The van der Waals surface area contributed by atoms with Crippen LogP contribution in [0, 0.1) is 0 Å². The predicted molar refractivity (Wildman–Crippen MR) is 94.1 cm³/mol. The van der Waals surface area contributed by atoms with Crippen molar-refractivity contribution in [2.24, 2.45) is 0 Å². The molecule has 0 radical (unpaired) electrons. The quantitative estimate of drug-likeness (QED) is 0.746. The first-order chi connectivity index (χ1) is 11.4. The smallest absolute Gasteiger partial charge is 0.217 e. The SMILES string of the molecule is CC1(C)CCC(C)(C)c2c(-c3coc(C4OCCO4)c3)cccc21. The molecule has 0 spiro atoms. The normalized spacial score (nSPS) is 22.5. The molecule has 1 aliphatic heterocycles. The number of furan rings is 1. The molecule has 1 fully saturated rings. The second kappa shape index (κ2) is 5.47. The summed E-state index contributed by atoms with van der Waals surface area (Å²) in [7, 11) is 0. The molecule has 0 unspecified atom stereocenters. The molecular formula is C21H26O3. The van der Waals surface area contributed by atoms with Crippen molar-refractivity contribution in [3.05, 3.63) is 47.4 Å². The zero-order valence-corrected chi connectivity index (χ0v) is 15.0. The molecule has 1 aromatic heterocycles. The Bertz CT molecular complexity index is 748. The summed E-state index contributed by atoms with van der Waals surface area (Å²) in [4.78, 5) is 0. The number of hydrogen-bond acceptors (Lipinski definition) is 3. The van der Waals surface area contributed by atoms with E-state index < -0.39 is 0 Å². The third-order valence-electron chi connectivity index (χ3n) is 5.63. The van der Waals surface area contributed by atoms with Crippen molar-refractivity contribution in [1.82, 2.24) is 0 Å². The summed E-state index contributed by atoms with van der Waals surface area (Å²) in [5.74, 6) is 0.757. The Balaban J connectivity index is 1.82. The third-order valence-corrected chi connectivity index (χ3v) is 5.63. The highest BCUT2D eigenvalue weighted by molar-refractivity contribution is 5.71. The molecule has 0 saturated carbocycles. The highest BCUT2D eigenvalue weighted by Crippen LogP contribution is 2.49. The van der Waals surface area contributed by atoms with Crippen LogP contribution in [0.25, 0.3) is 11.1 Å². The Hall–Kier alpha value is -1.58. The van der Waals surface area contributed by atoms with Gasteiger partial charge < -0.3 is 13.9 Å². The molecule has 1 aromatic carbocycles. The lowest BCUT2D eigenvalue weighted by Gasteiger charge is -2.43. The Morgan fingerprint density at radius 2 is 1.67 bits per heavy atom. The number of ether oxygens (including phenoxy) is 2. The molecule has 2 heterocycles. The maximum absolute atomic E-state index is 5.76. The molecule has 0 bridgehead atoms. The van der Waals surface area contributed by atoms with Crippen molar-refractivity contribution >= 4 is 0 Å². The third kappa shape index (κ3) is 2.51. The van der Waals surface area contributed by atoms with Crippen LogP contribution in [-0.4, -0.2) is 13.2 Å². The van der Waals surface area contributed by atoms with E-state index in [9.17, 15) is 0 Å². The second-order valence-electron chi connectivity index (χ2n) is 8.31. The largest absolute Gasteiger partial charge is 0.463 e. The van der Waals surface area contributed by atoms with Gasteiger partial charge in [-0.15, -0.1) is 0 Å². The molecule has 1 aliphatic carbocycles. The van der Waals surface area contributed by atoms with Crippen LogP contribution >= 0.6 is 0 Å². The number of rotatable bonds is 2. The predicted octanol–water partition coefficient (Wildman–Crippen LogP) is 5.34. The van der Waals surface area contributed by atoms with Gasteiger partial charge in [0.05, 0.1) is 19.5 Å². The molecule has 3 nitrogen and oxygen atoms in total. The van der Waals surface area contributed by atoms with Gasteiger partial charge in [0.15, 0.2) is 5.76 Å². The zero-order valence-electron chi connectivity index (χ0n) is 15.0. The monoisotopic (exact) mass is 326 g/mol. The summed E-state index contributed by atoms with van der Waals surface area (Å²) >= 11 is 0. The average molecular weight is 326 g/mol. The Morgan fingerprint density at radius 1 is 0.958 bits per heavy atom. The zero-order chi connectivity index (χ0) is 16.9. The highest BCUT2D eigenvalue weighted by Gasteiger charge is 2.38. The van der Waals surface area contributed by atoms with E-state index in [-0.39, 0.29) is 17.1 Å². The molecule has 1 saturated heterocycles. The van der Waals surface area contributed by atoms with Crippen LogP contribution in [-0.2, 0) is 20.3 Å². The van der Waals surface area contributed by atoms with Gasteiger partial charge in [-0.1, -0.05) is 45.9 Å². The van der Waals surface area contributed by atoms with E-state index in [1.165, 1.54) is 29.5 Å². The summed E-state index contributed by atoms with van der Waals surface area (Å²) in [5.41, 5.74) is 5.70. The fourth-order valence-corrected chi connectivity index (χ4v) is 4.11. The van der Waals surface area contributed by atoms with E-state index in [4.69, 9.17) is 13.9 Å². The van der Waals surface area contributed by atoms with Gasteiger partial charge in [0, 0.05) is 5.56 Å². The topological polar surface area (TPSA) is 31.6 Å². The van der Waals surface area contributed by atoms with Gasteiger partial charge >= 0.3 is 0 Å². The first kappa shape index (κ1) is 15.9. The first-order valence-electron chi connectivity index (χ1n) is 8.84. The Kier molecular flexibility index (Phi) is 3.63. The van der Waals surface area contributed by atoms with E-state index in [1.54, 1.807) is 0 Å². The first-order valence-corrected chi connectivity index (χ1v) is 8.84. The van der Waals surface area contributed by atoms with E-state index in [0.717, 1.165) is 11.3 Å². The molecule has 0 amide bonds. The van der Waals surface area contributed by atoms with Gasteiger partial charge in [0.25, 0.3) is 0 Å². The van der Waals surface area contributed by atoms with Gasteiger partial charge in [-0.05, 0) is 46.4 Å². The molecule has 0 atom stereocenters. The van der Waals surface area contributed by atoms with Gasteiger partial charge in [-0.2, -0.15) is 0 Å². The number of benzene rings is 1. The lowest BCUT2D eigenvalue weighted by molar-refractivity contribution is -0.0588. The fraction of sp³-hybridized carbons (Fsp3) is 0.524. The van der Waals surface area contributed by atoms with Crippen molar-refractivity contribution < 1.29 is 13.9 Å². The summed E-state index contributed by atoms with van der Waals surface area (Å²) in [6.45, 7) is 10.7. The second-order valence-corrected chi connectivity index (χ2v) is 8.31. The summed E-state index contributed by atoms with van der Waals surface area (Å²) in [6.07, 6.45) is 3.90. The summed E-state index contributed by atoms with van der Waals surface area (Å²) in [6, 6.07) is 8.76. The molecule has 128 valence electrons. The van der Waals surface area contributed by atoms with Crippen molar-refractivity contribution in [2.45, 2.75) is 57.7 Å². The van der Waals surface area contributed by atoms with Gasteiger partial charge in [0.1, 0.15) is 0 Å². The van der Waals surface area contributed by atoms with Gasteiger partial charge in [-0.3, -0.25) is 0 Å². The Labute approximate surface area is 144 Å². The summed E-state index contributed by atoms with van der Waals surface area (Å²) in [5, 5.41) is 0. The van der Waals surface area contributed by atoms with Crippen LogP contribution in [0.15, 0.2) is 34.9 Å². The standard InChI is InChI=1S/C21H26O3/c1-20(2)8-9-21(3,4)18-15(6-5-7-16(18)20)14-12-17(24-13-14)19-22-10-11-23-19/h5-7,12-13,19H,8-11H2,1-4H3. The van der Waals surface area contributed by atoms with Crippen LogP contribution in [0.1, 0.15) is 63.7 Å². The number of fused-ring (bicyclic) bond motifs is 1. The van der Waals surface area contributed by atoms with Crippen molar-refractivity contribution in [3.8, 4) is 11.1 Å². The maximum Gasteiger partial charge on any atom is 0.217 e. The molecule has 3 heteroatoms. The molecule has 2 aliphatic rings. The fourth-order valence-electron chi connectivity index (χ4n) is 4.11. The Morgan fingerprint density at radius 3 is 2.42 bits per heavy atom. The van der Waals surface area contributed by atoms with Crippen molar-refractivity contribution in [3.63, 3.8) is 0 Å². The van der Waals surface area contributed by atoms with E-state index in [1.807, 2.05) is 6.26 Å². The van der Waals surface area contributed by atoms with Gasteiger partial charge in [-0.25, -0.2) is 0 Å². The van der Waals surface area contributed by atoms with Crippen LogP contribution in [0.5, 0.6) is 0 Å². The van der Waals surface area contributed by atoms with Gasteiger partial charge in [0.2, 0.25) is 6.29 Å². The minimum atomic E-state index is -0.359. The minimum Gasteiger partial charge on any atom is -0.463 e. The van der Waals surface area contributed by atoms with Crippen LogP contribution in [0.2, 0.25) is 0 Å². The van der Waals surface area contributed by atoms with E-state index in [2.05, 4.69) is 52.0 Å². The van der Waals surface area contributed by atoms with Crippen molar-refractivity contribution in [1.29, 1.82) is 0 Å². The minimum absolute atomic E-state index is 0.166. The molecule has 0 N–H and O–H groups in total. The van der Waals surface area contributed by atoms with E-state index in [0.29, 0.717) is 13.2 Å². The lowest BCUT2D eigenvalue weighted by Crippen LogP contribution is -2.34. The van der Waals surface area contributed by atoms with Crippen LogP contribution < -0.4 is 0 Å². The van der Waals surface area contributed by atoms with Crippen LogP contribution in [0.3, 0.4) is 0 Å². The van der Waals surface area contributed by atoms with E-state index >= 15 is 0 Å².